The van der Waals surface area contributed by atoms with Crippen LogP contribution in [0.4, 0.5) is 0 Å². The van der Waals surface area contributed by atoms with Crippen molar-refractivity contribution in [3.63, 3.8) is 0 Å². The second kappa shape index (κ2) is 7.74. The molecule has 2 aromatic carbocycles. The molecule has 2 N–H and O–H groups in total. The van der Waals surface area contributed by atoms with Crippen molar-refractivity contribution in [3.05, 3.63) is 71.8 Å². The first-order valence-electron chi connectivity index (χ1n) is 9.85. The maximum absolute atomic E-state index is 13.7. The standard InChI is InChI=1S/C22H28NO4P/c1-26-28(25,27-2)22(24)18-14-9-15-19(22)21(17-12-7-4-8-13-17)23-20(18)16-10-5-3-6-11-16/h3-8,10-13,18-21,23-24H,9,14-15H2,1-2H3/t18-,19+,20-,21-,22?/m0/s1. The highest BCUT2D eigenvalue weighted by Gasteiger charge is 2.66. The van der Waals surface area contributed by atoms with E-state index in [1.807, 2.05) is 36.4 Å². The van der Waals surface area contributed by atoms with Crippen LogP contribution in [-0.2, 0) is 13.6 Å². The minimum absolute atomic E-state index is 0.147. The Morgan fingerprint density at radius 2 is 1.32 bits per heavy atom. The van der Waals surface area contributed by atoms with Crippen molar-refractivity contribution < 1.29 is 18.7 Å². The van der Waals surface area contributed by atoms with Gasteiger partial charge in [0.2, 0.25) is 0 Å². The number of benzene rings is 2. The van der Waals surface area contributed by atoms with Crippen LogP contribution in [0.15, 0.2) is 60.7 Å². The third-order valence-corrected chi connectivity index (χ3v) is 9.02. The molecule has 2 fully saturated rings. The van der Waals surface area contributed by atoms with Crippen LogP contribution >= 0.6 is 7.60 Å². The van der Waals surface area contributed by atoms with Crippen LogP contribution in [0, 0.1) is 11.8 Å². The van der Waals surface area contributed by atoms with Crippen molar-refractivity contribution in [1.82, 2.24) is 5.32 Å². The van der Waals surface area contributed by atoms with Crippen molar-refractivity contribution in [2.45, 2.75) is 36.7 Å². The molecule has 6 heteroatoms. The molecule has 1 saturated carbocycles. The molecule has 0 spiro atoms. The molecule has 4 rings (SSSR count). The second-order valence-corrected chi connectivity index (χ2v) is 10.2. The van der Waals surface area contributed by atoms with Gasteiger partial charge < -0.3 is 19.5 Å². The number of nitrogens with one attached hydrogen (secondary N) is 1. The molecule has 2 bridgehead atoms. The summed E-state index contributed by atoms with van der Waals surface area (Å²) >= 11 is 0. The zero-order chi connectivity index (χ0) is 19.8. The summed E-state index contributed by atoms with van der Waals surface area (Å²) < 4.78 is 24.5. The van der Waals surface area contributed by atoms with Gasteiger partial charge in [-0.15, -0.1) is 0 Å². The zero-order valence-electron chi connectivity index (χ0n) is 16.3. The molecule has 2 aromatic rings. The van der Waals surface area contributed by atoms with Crippen LogP contribution in [0.2, 0.25) is 0 Å². The van der Waals surface area contributed by atoms with E-state index in [1.165, 1.54) is 14.2 Å². The molecule has 5 atom stereocenters. The monoisotopic (exact) mass is 401 g/mol. The first-order valence-corrected chi connectivity index (χ1v) is 11.4. The second-order valence-electron chi connectivity index (χ2n) is 7.73. The van der Waals surface area contributed by atoms with E-state index in [2.05, 4.69) is 29.6 Å². The van der Waals surface area contributed by atoms with E-state index in [0.29, 0.717) is 0 Å². The topological polar surface area (TPSA) is 67.8 Å². The van der Waals surface area contributed by atoms with E-state index in [1.54, 1.807) is 0 Å². The Bertz CT molecular complexity index is 783. The SMILES string of the molecule is COP(=O)(OC)C1(O)[C@@H]2CCC[C@H]1[C@H](c1ccccc1)N[C@H]2c1ccccc1. The Labute approximate surface area is 166 Å². The number of hydrogen-bond acceptors (Lipinski definition) is 5. The van der Waals surface area contributed by atoms with Gasteiger partial charge >= 0.3 is 7.60 Å². The van der Waals surface area contributed by atoms with Crippen LogP contribution < -0.4 is 5.32 Å². The van der Waals surface area contributed by atoms with Gasteiger partial charge in [-0.25, -0.2) is 0 Å². The molecule has 2 aliphatic rings. The number of hydrogen-bond donors (Lipinski definition) is 2. The first-order chi connectivity index (χ1) is 13.5. The zero-order valence-corrected chi connectivity index (χ0v) is 17.2. The van der Waals surface area contributed by atoms with E-state index in [0.717, 1.165) is 30.4 Å². The minimum atomic E-state index is -3.75. The van der Waals surface area contributed by atoms with Crippen molar-refractivity contribution in [2.75, 3.05) is 14.2 Å². The molecule has 0 radical (unpaired) electrons. The molecular weight excluding hydrogens is 373 g/mol. The average molecular weight is 401 g/mol. The summed E-state index contributed by atoms with van der Waals surface area (Å²) in [5, 5.41) is 14.3. The lowest BCUT2D eigenvalue weighted by molar-refractivity contribution is -0.103. The fraction of sp³-hybridized carbons (Fsp3) is 0.455. The summed E-state index contributed by atoms with van der Waals surface area (Å²) in [6.45, 7) is 0. The summed E-state index contributed by atoms with van der Waals surface area (Å²) in [6, 6.07) is 19.9. The van der Waals surface area contributed by atoms with Gasteiger partial charge in [-0.1, -0.05) is 67.1 Å². The van der Waals surface area contributed by atoms with E-state index < -0.39 is 12.9 Å². The van der Waals surface area contributed by atoms with Crippen LogP contribution in [-0.4, -0.2) is 24.7 Å². The molecular formula is C22H28NO4P. The van der Waals surface area contributed by atoms with Crippen molar-refractivity contribution in [1.29, 1.82) is 0 Å². The molecule has 0 amide bonds. The summed E-state index contributed by atoms with van der Waals surface area (Å²) in [6.07, 6.45) is 2.50. The van der Waals surface area contributed by atoms with Crippen molar-refractivity contribution >= 4 is 7.60 Å². The molecule has 28 heavy (non-hydrogen) atoms. The van der Waals surface area contributed by atoms with E-state index in [-0.39, 0.29) is 23.9 Å². The predicted octanol–water partition coefficient (Wildman–Crippen LogP) is 4.66. The highest BCUT2D eigenvalue weighted by molar-refractivity contribution is 7.55. The van der Waals surface area contributed by atoms with Crippen LogP contribution in [0.1, 0.15) is 42.5 Å². The molecule has 0 aromatic heterocycles. The largest absolute Gasteiger partial charge is 0.377 e. The number of piperidine rings is 1. The van der Waals surface area contributed by atoms with Gasteiger partial charge in [0.25, 0.3) is 0 Å². The van der Waals surface area contributed by atoms with Gasteiger partial charge in [-0.2, -0.15) is 0 Å². The maximum Gasteiger partial charge on any atom is 0.362 e. The Balaban J connectivity index is 1.88. The fourth-order valence-corrected chi connectivity index (χ4v) is 7.36. The van der Waals surface area contributed by atoms with Gasteiger partial charge in [0.05, 0.1) is 0 Å². The molecule has 1 aliphatic heterocycles. The van der Waals surface area contributed by atoms with Gasteiger partial charge in [0.1, 0.15) is 0 Å². The quantitative estimate of drug-likeness (QED) is 0.713. The Hall–Kier alpha value is -1.49. The lowest BCUT2D eigenvalue weighted by Crippen LogP contribution is -2.61. The first kappa shape index (κ1) is 19.8. The number of fused-ring (bicyclic) bond motifs is 2. The molecule has 5 nitrogen and oxygen atoms in total. The van der Waals surface area contributed by atoms with Gasteiger partial charge in [0, 0.05) is 38.1 Å². The van der Waals surface area contributed by atoms with E-state index in [4.69, 9.17) is 9.05 Å². The minimum Gasteiger partial charge on any atom is -0.377 e. The van der Waals surface area contributed by atoms with Gasteiger partial charge in [-0.05, 0) is 24.0 Å². The number of rotatable bonds is 5. The molecule has 1 aliphatic carbocycles. The van der Waals surface area contributed by atoms with Crippen LogP contribution in [0.5, 0.6) is 0 Å². The fourth-order valence-electron chi connectivity index (χ4n) is 5.26. The average Bonchev–Trinajstić information content (AvgIpc) is 2.74. The van der Waals surface area contributed by atoms with E-state index >= 15 is 0 Å². The normalized spacial score (nSPS) is 32.8. The number of aliphatic hydroxyl groups is 1. The maximum atomic E-state index is 13.7. The molecule has 1 unspecified atom stereocenters. The summed E-state index contributed by atoms with van der Waals surface area (Å²) in [4.78, 5) is 0. The smallest absolute Gasteiger partial charge is 0.362 e. The third-order valence-electron chi connectivity index (χ3n) is 6.52. The Morgan fingerprint density at radius 3 is 1.71 bits per heavy atom. The summed E-state index contributed by atoms with van der Waals surface area (Å²) in [5.41, 5.74) is 2.15. The van der Waals surface area contributed by atoms with Crippen molar-refractivity contribution in [2.24, 2.45) is 11.8 Å². The van der Waals surface area contributed by atoms with E-state index in [9.17, 15) is 9.67 Å². The predicted molar refractivity (Wildman–Crippen MR) is 109 cm³/mol. The lowest BCUT2D eigenvalue weighted by atomic mass is 9.65. The summed E-state index contributed by atoms with van der Waals surface area (Å²) in [7, 11) is -1.01. The molecule has 1 saturated heterocycles. The van der Waals surface area contributed by atoms with Crippen molar-refractivity contribution in [3.8, 4) is 0 Å². The highest BCUT2D eigenvalue weighted by Crippen LogP contribution is 2.71. The van der Waals surface area contributed by atoms with Gasteiger partial charge in [0.15, 0.2) is 5.34 Å². The van der Waals surface area contributed by atoms with Gasteiger partial charge in [-0.3, -0.25) is 4.57 Å². The molecule has 150 valence electrons. The third kappa shape index (κ3) is 2.97. The Morgan fingerprint density at radius 1 is 0.893 bits per heavy atom. The van der Waals surface area contributed by atoms with Crippen LogP contribution in [0.25, 0.3) is 0 Å². The lowest BCUT2D eigenvalue weighted by Gasteiger charge is -2.57. The Kier molecular flexibility index (Phi) is 5.47. The highest BCUT2D eigenvalue weighted by atomic mass is 31.2. The molecule has 1 heterocycles. The van der Waals surface area contributed by atoms with Crippen LogP contribution in [0.3, 0.4) is 0 Å². The summed E-state index contributed by atoms with van der Waals surface area (Å²) in [5.74, 6) is -0.529.